The van der Waals surface area contributed by atoms with E-state index in [1.165, 1.54) is 0 Å². The van der Waals surface area contributed by atoms with Crippen LogP contribution >= 0.6 is 0 Å². The van der Waals surface area contributed by atoms with Crippen LogP contribution in [-0.4, -0.2) is 9.97 Å². The molecule has 0 aliphatic carbocycles. The fourth-order valence-electron chi connectivity index (χ4n) is 0.703. The minimum atomic E-state index is 0.367. The monoisotopic (exact) mass is 148 g/mol. The van der Waals surface area contributed by atoms with Crippen molar-refractivity contribution in [3.05, 3.63) is 18.0 Å². The highest BCUT2D eigenvalue weighted by Gasteiger charge is 1.94. The van der Waals surface area contributed by atoms with E-state index in [1.54, 1.807) is 12.4 Å². The Morgan fingerprint density at radius 2 is 2.55 bits per heavy atom. The first-order chi connectivity index (χ1) is 5.36. The van der Waals surface area contributed by atoms with Crippen LogP contribution < -0.4 is 5.32 Å². The summed E-state index contributed by atoms with van der Waals surface area (Å²) in [5.41, 5.74) is 0.928. The Morgan fingerprint density at radius 3 is 3.18 bits per heavy atom. The molecule has 0 bridgehead atoms. The second-order valence-electron chi connectivity index (χ2n) is 1.96. The first kappa shape index (κ1) is 7.48. The standard InChI is InChI=1S/C7H8N4/c1-2-6-3-4-9-7(11-6)10-5-8/h3-4H,2H2,1H3,(H,9,10,11). The molecule has 56 valence electrons. The molecule has 1 aromatic heterocycles. The zero-order chi connectivity index (χ0) is 8.10. The number of nitriles is 1. The van der Waals surface area contributed by atoms with E-state index in [-0.39, 0.29) is 0 Å². The van der Waals surface area contributed by atoms with Gasteiger partial charge in [0.25, 0.3) is 0 Å². The van der Waals surface area contributed by atoms with E-state index in [2.05, 4.69) is 15.3 Å². The minimum absolute atomic E-state index is 0.367. The number of nitrogens with one attached hydrogen (secondary N) is 1. The third-order valence-electron chi connectivity index (χ3n) is 1.24. The van der Waals surface area contributed by atoms with Crippen LogP contribution in [0.4, 0.5) is 5.95 Å². The highest BCUT2D eigenvalue weighted by atomic mass is 15.1. The van der Waals surface area contributed by atoms with Crippen molar-refractivity contribution < 1.29 is 0 Å². The molecule has 0 saturated carbocycles. The molecule has 0 saturated heterocycles. The summed E-state index contributed by atoms with van der Waals surface area (Å²) in [7, 11) is 0. The van der Waals surface area contributed by atoms with Gasteiger partial charge in [-0.05, 0) is 12.5 Å². The van der Waals surface area contributed by atoms with Crippen LogP contribution in [0.15, 0.2) is 12.3 Å². The molecule has 1 heterocycles. The lowest BCUT2D eigenvalue weighted by Gasteiger charge is -1.96. The highest BCUT2D eigenvalue weighted by molar-refractivity contribution is 5.29. The Bertz CT molecular complexity index is 276. The van der Waals surface area contributed by atoms with Gasteiger partial charge in [0.1, 0.15) is 0 Å². The van der Waals surface area contributed by atoms with Crippen LogP contribution in [0.3, 0.4) is 0 Å². The van der Waals surface area contributed by atoms with Crippen molar-refractivity contribution in [1.29, 1.82) is 5.26 Å². The summed E-state index contributed by atoms with van der Waals surface area (Å²) in [6, 6.07) is 1.82. The summed E-state index contributed by atoms with van der Waals surface area (Å²) in [6.07, 6.45) is 4.24. The van der Waals surface area contributed by atoms with Gasteiger partial charge in [-0.25, -0.2) is 9.97 Å². The van der Waals surface area contributed by atoms with Gasteiger partial charge in [0, 0.05) is 11.9 Å². The number of hydrogen-bond donors (Lipinski definition) is 1. The number of anilines is 1. The van der Waals surface area contributed by atoms with Crippen LogP contribution in [0, 0.1) is 11.5 Å². The molecule has 1 aromatic rings. The van der Waals surface area contributed by atoms with E-state index >= 15 is 0 Å². The Labute approximate surface area is 64.9 Å². The van der Waals surface area contributed by atoms with Gasteiger partial charge >= 0.3 is 0 Å². The average Bonchev–Trinajstić information content (AvgIpc) is 2.06. The maximum Gasteiger partial charge on any atom is 0.236 e. The lowest BCUT2D eigenvalue weighted by Crippen LogP contribution is -1.97. The summed E-state index contributed by atoms with van der Waals surface area (Å²) in [5, 5.41) is 10.6. The third kappa shape index (κ3) is 1.90. The van der Waals surface area contributed by atoms with E-state index in [4.69, 9.17) is 5.26 Å². The van der Waals surface area contributed by atoms with Crippen LogP contribution in [-0.2, 0) is 6.42 Å². The summed E-state index contributed by atoms with van der Waals surface area (Å²) in [5.74, 6) is 0.367. The molecule has 0 aromatic carbocycles. The summed E-state index contributed by atoms with van der Waals surface area (Å²) >= 11 is 0. The second-order valence-corrected chi connectivity index (χ2v) is 1.96. The van der Waals surface area contributed by atoms with Crippen LogP contribution in [0.5, 0.6) is 0 Å². The van der Waals surface area contributed by atoms with Crippen molar-refractivity contribution in [1.82, 2.24) is 9.97 Å². The lowest BCUT2D eigenvalue weighted by atomic mass is 10.3. The number of hydrogen-bond acceptors (Lipinski definition) is 4. The molecule has 0 radical (unpaired) electrons. The fourth-order valence-corrected chi connectivity index (χ4v) is 0.703. The number of aryl methyl sites for hydroxylation is 1. The molecule has 4 heteroatoms. The smallest absolute Gasteiger partial charge is 0.236 e. The van der Waals surface area contributed by atoms with E-state index in [0.29, 0.717) is 5.95 Å². The molecule has 0 unspecified atom stereocenters. The van der Waals surface area contributed by atoms with Gasteiger partial charge in [0.2, 0.25) is 5.95 Å². The first-order valence-electron chi connectivity index (χ1n) is 3.34. The zero-order valence-corrected chi connectivity index (χ0v) is 6.20. The van der Waals surface area contributed by atoms with Crippen LogP contribution in [0.2, 0.25) is 0 Å². The van der Waals surface area contributed by atoms with E-state index in [0.717, 1.165) is 12.1 Å². The molecule has 1 N–H and O–H groups in total. The molecule has 0 spiro atoms. The average molecular weight is 148 g/mol. The molecule has 4 nitrogen and oxygen atoms in total. The first-order valence-corrected chi connectivity index (χ1v) is 3.34. The fraction of sp³-hybridized carbons (Fsp3) is 0.286. The summed E-state index contributed by atoms with van der Waals surface area (Å²) in [6.45, 7) is 2.00. The predicted molar refractivity (Wildman–Crippen MR) is 40.6 cm³/mol. The summed E-state index contributed by atoms with van der Waals surface area (Å²) < 4.78 is 0. The largest absolute Gasteiger partial charge is 0.261 e. The van der Waals surface area contributed by atoms with Crippen molar-refractivity contribution in [3.8, 4) is 6.19 Å². The predicted octanol–water partition coefficient (Wildman–Crippen LogP) is 0.932. The van der Waals surface area contributed by atoms with Crippen molar-refractivity contribution in [2.75, 3.05) is 5.32 Å². The molecule has 0 aliphatic rings. The van der Waals surface area contributed by atoms with Crippen LogP contribution in [0.1, 0.15) is 12.6 Å². The lowest BCUT2D eigenvalue weighted by molar-refractivity contribution is 1.00. The zero-order valence-electron chi connectivity index (χ0n) is 6.20. The van der Waals surface area contributed by atoms with E-state index in [9.17, 15) is 0 Å². The van der Waals surface area contributed by atoms with Gasteiger partial charge in [-0.2, -0.15) is 5.26 Å². The second kappa shape index (κ2) is 3.52. The van der Waals surface area contributed by atoms with Gasteiger partial charge in [-0.1, -0.05) is 6.92 Å². The van der Waals surface area contributed by atoms with Gasteiger partial charge in [0.15, 0.2) is 6.19 Å². The third-order valence-corrected chi connectivity index (χ3v) is 1.24. The van der Waals surface area contributed by atoms with Gasteiger partial charge < -0.3 is 0 Å². The normalized spacial score (nSPS) is 8.73. The van der Waals surface area contributed by atoms with E-state index < -0.39 is 0 Å². The number of rotatable bonds is 2. The molecule has 0 aliphatic heterocycles. The molecule has 1 rings (SSSR count). The van der Waals surface area contributed by atoms with E-state index in [1.807, 2.05) is 13.0 Å². The Morgan fingerprint density at radius 1 is 1.73 bits per heavy atom. The van der Waals surface area contributed by atoms with Crippen molar-refractivity contribution in [3.63, 3.8) is 0 Å². The van der Waals surface area contributed by atoms with Crippen molar-refractivity contribution in [2.24, 2.45) is 0 Å². The Balaban J connectivity index is 2.84. The number of nitrogens with zero attached hydrogens (tertiary/aromatic N) is 3. The number of aromatic nitrogens is 2. The molecular weight excluding hydrogens is 140 g/mol. The quantitative estimate of drug-likeness (QED) is 0.500. The maximum absolute atomic E-state index is 8.24. The molecule has 0 amide bonds. The molecular formula is C7H8N4. The van der Waals surface area contributed by atoms with Gasteiger partial charge in [-0.15, -0.1) is 0 Å². The van der Waals surface area contributed by atoms with Gasteiger partial charge in [-0.3, -0.25) is 5.32 Å². The topological polar surface area (TPSA) is 61.6 Å². The molecule has 0 fully saturated rings. The maximum atomic E-state index is 8.24. The van der Waals surface area contributed by atoms with Gasteiger partial charge in [0.05, 0.1) is 0 Å². The Kier molecular flexibility index (Phi) is 2.39. The highest BCUT2D eigenvalue weighted by Crippen LogP contribution is 1.99. The molecule has 0 atom stereocenters. The minimum Gasteiger partial charge on any atom is -0.261 e. The SMILES string of the molecule is CCc1ccnc(NC#N)n1. The van der Waals surface area contributed by atoms with Crippen molar-refractivity contribution >= 4 is 5.95 Å². The van der Waals surface area contributed by atoms with Crippen LogP contribution in [0.25, 0.3) is 0 Å². The molecule has 11 heavy (non-hydrogen) atoms. The Hall–Kier alpha value is -1.63. The summed E-state index contributed by atoms with van der Waals surface area (Å²) in [4.78, 5) is 7.87. The van der Waals surface area contributed by atoms with Crippen molar-refractivity contribution in [2.45, 2.75) is 13.3 Å².